The molecule has 0 N–H and O–H groups in total. The molecule has 0 saturated carbocycles. The second-order valence-electron chi connectivity index (χ2n) is 17.6. The fourth-order valence-electron chi connectivity index (χ4n) is 10.9. The maximum absolute atomic E-state index is 4.49. The van der Waals surface area contributed by atoms with Gasteiger partial charge in [-0.25, -0.2) is 0 Å². The van der Waals surface area contributed by atoms with Crippen molar-refractivity contribution in [3.8, 4) is 77.9 Å². The van der Waals surface area contributed by atoms with Gasteiger partial charge in [0.05, 0.1) is 0 Å². The zero-order valence-corrected chi connectivity index (χ0v) is 36.2. The van der Waals surface area contributed by atoms with E-state index >= 15 is 0 Å². The minimum Gasteiger partial charge on any atom is -0.264 e. The lowest BCUT2D eigenvalue weighted by Crippen LogP contribution is -2.10. The summed E-state index contributed by atoms with van der Waals surface area (Å²) in [6, 6.07) is 69.4. The van der Waals surface area contributed by atoms with Gasteiger partial charge in [-0.2, -0.15) is 0 Å². The Kier molecular flexibility index (Phi) is 9.02. The van der Waals surface area contributed by atoms with Crippen molar-refractivity contribution in [2.45, 2.75) is 12.3 Å². The second kappa shape index (κ2) is 15.7. The first-order valence-corrected chi connectivity index (χ1v) is 22.9. The highest BCUT2D eigenvalue weighted by Gasteiger charge is 2.28. The van der Waals surface area contributed by atoms with Gasteiger partial charge in [-0.1, -0.05) is 158 Å². The van der Waals surface area contributed by atoms with Crippen molar-refractivity contribution in [2.75, 3.05) is 0 Å². The van der Waals surface area contributed by atoms with Gasteiger partial charge in [0.1, 0.15) is 0 Å². The first kappa shape index (κ1) is 38.0. The Balaban J connectivity index is 1.05. The van der Waals surface area contributed by atoms with Gasteiger partial charge in [-0.15, -0.1) is 0 Å². The topological polar surface area (TPSA) is 25.8 Å². The SMILES string of the molecule is C1=CC2C=Cc3c(-c4cc(-c5cccnc5)cc(-c5cccnc5)c4)ccc4cc(-c5c6ccccc6c(-c6cc(-c7ccccc7)cc(-c7ccccc7)c6)c6ccccc56)c(c2c34)C1. The average Bonchev–Trinajstić information content (AvgIpc) is 3.40. The number of pyridine rings is 2. The quantitative estimate of drug-likeness (QED) is 0.118. The van der Waals surface area contributed by atoms with Crippen LogP contribution in [0.4, 0.5) is 0 Å². The number of aromatic nitrogens is 2. The standard InChI is InChI=1S/C64H42N2/c1-3-14-41(15-4-1)47-32-48(42-16-5-2-6-17-42)37-52(36-47)61-54-21-7-9-23-56(54)64(57-24-10-8-22-55(57)61)60-38-44-27-28-53(59-29-26-43-18-11-25-58(60)62(43)63(44)59)51-34-49(45-19-12-30-65-39-45)33-50(35-51)46-20-13-31-66-40-46/h1-24,26-40,43H,25H2. The molecule has 11 aromatic rings. The third kappa shape index (κ3) is 6.33. The van der Waals surface area contributed by atoms with Crippen LogP contribution in [0.15, 0.2) is 231 Å². The van der Waals surface area contributed by atoms with Crippen LogP contribution in [0.1, 0.15) is 22.6 Å². The summed E-state index contributed by atoms with van der Waals surface area (Å²) in [5, 5.41) is 7.67. The molecule has 1 unspecified atom stereocenters. The Morgan fingerprint density at radius 3 is 1.44 bits per heavy atom. The molecule has 66 heavy (non-hydrogen) atoms. The smallest absolute Gasteiger partial charge is 0.0346 e. The van der Waals surface area contributed by atoms with Crippen molar-refractivity contribution in [3.63, 3.8) is 0 Å². The number of fused-ring (bicyclic) bond motifs is 2. The van der Waals surface area contributed by atoms with E-state index in [1.165, 1.54) is 105 Å². The molecule has 1 atom stereocenters. The van der Waals surface area contributed by atoms with Crippen LogP contribution >= 0.6 is 0 Å². The summed E-state index contributed by atoms with van der Waals surface area (Å²) in [7, 11) is 0. The monoisotopic (exact) mass is 838 g/mol. The Bertz CT molecular complexity index is 3580. The molecule has 0 spiro atoms. The number of rotatable bonds is 7. The van der Waals surface area contributed by atoms with Crippen molar-refractivity contribution < 1.29 is 0 Å². The number of allylic oxidation sites excluding steroid dienone is 3. The lowest BCUT2D eigenvalue weighted by atomic mass is 9.74. The van der Waals surface area contributed by atoms with Crippen molar-refractivity contribution >= 4 is 38.4 Å². The molecule has 2 heterocycles. The predicted molar refractivity (Wildman–Crippen MR) is 277 cm³/mol. The highest BCUT2D eigenvalue weighted by atomic mass is 14.6. The van der Waals surface area contributed by atoms with Crippen molar-refractivity contribution in [2.24, 2.45) is 0 Å². The Hall–Kier alpha value is -8.46. The minimum atomic E-state index is 0.195. The molecule has 2 aromatic heterocycles. The van der Waals surface area contributed by atoms with Crippen LogP contribution in [0.5, 0.6) is 0 Å². The molecule has 13 rings (SSSR count). The third-order valence-electron chi connectivity index (χ3n) is 13.8. The van der Waals surface area contributed by atoms with Crippen LogP contribution in [0, 0.1) is 0 Å². The van der Waals surface area contributed by atoms with Gasteiger partial charge >= 0.3 is 0 Å². The van der Waals surface area contributed by atoms with Gasteiger partial charge in [0.2, 0.25) is 0 Å². The molecule has 2 heteroatoms. The maximum atomic E-state index is 4.49. The lowest BCUT2D eigenvalue weighted by molar-refractivity contribution is 1.00. The Morgan fingerprint density at radius 2 is 0.879 bits per heavy atom. The number of hydrogen-bond donors (Lipinski definition) is 0. The summed E-state index contributed by atoms with van der Waals surface area (Å²) in [6.45, 7) is 0. The minimum absolute atomic E-state index is 0.195. The molecule has 0 radical (unpaired) electrons. The largest absolute Gasteiger partial charge is 0.264 e. The average molecular weight is 839 g/mol. The summed E-state index contributed by atoms with van der Waals surface area (Å²) in [4.78, 5) is 8.97. The molecule has 2 nitrogen and oxygen atoms in total. The van der Waals surface area contributed by atoms with E-state index in [2.05, 4.69) is 210 Å². The molecule has 2 aliphatic carbocycles. The van der Waals surface area contributed by atoms with E-state index in [1.807, 2.05) is 36.9 Å². The van der Waals surface area contributed by atoms with Crippen LogP contribution in [0.2, 0.25) is 0 Å². The van der Waals surface area contributed by atoms with E-state index in [-0.39, 0.29) is 5.92 Å². The van der Waals surface area contributed by atoms with E-state index in [0.29, 0.717) is 0 Å². The van der Waals surface area contributed by atoms with Gasteiger partial charge in [-0.3, -0.25) is 9.97 Å². The fourth-order valence-corrected chi connectivity index (χ4v) is 10.9. The summed E-state index contributed by atoms with van der Waals surface area (Å²) in [5.74, 6) is 0.195. The highest BCUT2D eigenvalue weighted by Crippen LogP contribution is 2.51. The highest BCUT2D eigenvalue weighted by molar-refractivity contribution is 6.23. The second-order valence-corrected chi connectivity index (χ2v) is 17.6. The van der Waals surface area contributed by atoms with Crippen molar-refractivity contribution in [1.29, 1.82) is 0 Å². The summed E-state index contributed by atoms with van der Waals surface area (Å²) in [5.41, 5.74) is 20.9. The Morgan fingerprint density at radius 1 is 0.379 bits per heavy atom. The first-order chi connectivity index (χ1) is 32.7. The van der Waals surface area contributed by atoms with Crippen LogP contribution in [0.3, 0.4) is 0 Å². The van der Waals surface area contributed by atoms with Crippen LogP contribution < -0.4 is 0 Å². The van der Waals surface area contributed by atoms with Crippen molar-refractivity contribution in [1.82, 2.24) is 9.97 Å². The summed E-state index contributed by atoms with van der Waals surface area (Å²) < 4.78 is 0. The van der Waals surface area contributed by atoms with Gasteiger partial charge in [-0.05, 0) is 177 Å². The zero-order valence-electron chi connectivity index (χ0n) is 36.2. The number of hydrogen-bond acceptors (Lipinski definition) is 2. The van der Waals surface area contributed by atoms with E-state index in [0.717, 1.165) is 28.7 Å². The summed E-state index contributed by atoms with van der Waals surface area (Å²) in [6.07, 6.45) is 18.0. The lowest BCUT2D eigenvalue weighted by Gasteiger charge is -2.30. The van der Waals surface area contributed by atoms with Crippen LogP contribution in [-0.4, -0.2) is 9.97 Å². The number of nitrogens with zero attached hydrogens (tertiary/aromatic N) is 2. The van der Waals surface area contributed by atoms with Gasteiger partial charge in [0.25, 0.3) is 0 Å². The fraction of sp³-hybridized carbons (Fsp3) is 0.0312. The third-order valence-corrected chi connectivity index (χ3v) is 13.8. The molecule has 0 amide bonds. The van der Waals surface area contributed by atoms with Crippen LogP contribution in [-0.2, 0) is 6.42 Å². The zero-order chi connectivity index (χ0) is 43.6. The van der Waals surface area contributed by atoms with Gasteiger partial charge in [0.15, 0.2) is 0 Å². The van der Waals surface area contributed by atoms with E-state index in [1.54, 1.807) is 0 Å². The van der Waals surface area contributed by atoms with Gasteiger partial charge < -0.3 is 0 Å². The Labute approximate surface area is 384 Å². The predicted octanol–water partition coefficient (Wildman–Crippen LogP) is 16.8. The van der Waals surface area contributed by atoms with E-state index in [4.69, 9.17) is 0 Å². The summed E-state index contributed by atoms with van der Waals surface area (Å²) >= 11 is 0. The van der Waals surface area contributed by atoms with E-state index < -0.39 is 0 Å². The molecule has 0 fully saturated rings. The molecule has 0 saturated heterocycles. The molecule has 0 bridgehead atoms. The van der Waals surface area contributed by atoms with Crippen molar-refractivity contribution in [3.05, 3.63) is 248 Å². The molecular formula is C64H42N2. The number of benzene rings is 9. The maximum Gasteiger partial charge on any atom is 0.0346 e. The van der Waals surface area contributed by atoms with E-state index in [9.17, 15) is 0 Å². The molecule has 2 aliphatic rings. The molecule has 308 valence electrons. The molecule has 9 aromatic carbocycles. The molecule has 0 aliphatic heterocycles. The first-order valence-electron chi connectivity index (χ1n) is 22.9. The van der Waals surface area contributed by atoms with Gasteiger partial charge in [0, 0.05) is 41.8 Å². The molecular weight excluding hydrogens is 797 g/mol. The normalized spacial score (nSPS) is 13.7. The van der Waals surface area contributed by atoms with Crippen LogP contribution in [0.25, 0.3) is 116 Å².